The van der Waals surface area contributed by atoms with Crippen molar-refractivity contribution in [1.29, 1.82) is 0 Å². The molecule has 0 spiro atoms. The molecule has 0 bridgehead atoms. The topological polar surface area (TPSA) is 39.4 Å². The fourth-order valence-electron chi connectivity index (χ4n) is 1.49. The molecule has 1 heterocycles. The third kappa shape index (κ3) is 2.14. The predicted molar refractivity (Wildman–Crippen MR) is 61.9 cm³/mol. The molecule has 16 heavy (non-hydrogen) atoms. The first-order valence-corrected chi connectivity index (χ1v) is 5.01. The van der Waals surface area contributed by atoms with Crippen LogP contribution in [0.15, 0.2) is 41.0 Å². The lowest BCUT2D eigenvalue weighted by atomic mass is 10.1. The van der Waals surface area contributed by atoms with E-state index in [0.717, 1.165) is 16.5 Å². The number of furan rings is 1. The Morgan fingerprint density at radius 2 is 2.25 bits per heavy atom. The van der Waals surface area contributed by atoms with Crippen molar-refractivity contribution >= 4 is 23.0 Å². The van der Waals surface area contributed by atoms with E-state index in [2.05, 4.69) is 4.74 Å². The van der Waals surface area contributed by atoms with Crippen molar-refractivity contribution in [2.45, 2.75) is 6.42 Å². The molecule has 82 valence electrons. The Hall–Kier alpha value is -2.03. The number of hydrogen-bond acceptors (Lipinski definition) is 3. The van der Waals surface area contributed by atoms with Crippen LogP contribution in [0, 0.1) is 0 Å². The van der Waals surface area contributed by atoms with Gasteiger partial charge in [-0.05, 0) is 6.07 Å². The fraction of sp³-hybridized carbons (Fsp3) is 0.154. The molecule has 0 aliphatic heterocycles. The molecule has 0 fully saturated rings. The standard InChI is InChI=1S/C13H12O3/c1-15-13(14)8-4-5-10-9-16-12-7-3-2-6-11(10)12/h2-7,9H,8H2,1H3. The molecular weight excluding hydrogens is 204 g/mol. The molecule has 2 rings (SSSR count). The zero-order valence-corrected chi connectivity index (χ0v) is 8.97. The lowest BCUT2D eigenvalue weighted by Gasteiger charge is -1.92. The van der Waals surface area contributed by atoms with Crippen molar-refractivity contribution in [1.82, 2.24) is 0 Å². The summed E-state index contributed by atoms with van der Waals surface area (Å²) in [5.74, 6) is -0.246. The van der Waals surface area contributed by atoms with E-state index in [9.17, 15) is 4.79 Å². The lowest BCUT2D eigenvalue weighted by molar-refractivity contribution is -0.139. The van der Waals surface area contributed by atoms with Crippen LogP contribution in [0.2, 0.25) is 0 Å². The Labute approximate surface area is 93.3 Å². The molecule has 2 aromatic rings. The molecule has 0 amide bonds. The van der Waals surface area contributed by atoms with E-state index in [1.54, 1.807) is 12.3 Å². The highest BCUT2D eigenvalue weighted by Crippen LogP contribution is 2.21. The van der Waals surface area contributed by atoms with Gasteiger partial charge in [-0.3, -0.25) is 4.79 Å². The summed E-state index contributed by atoms with van der Waals surface area (Å²) >= 11 is 0. The summed E-state index contributed by atoms with van der Waals surface area (Å²) in [5, 5.41) is 1.05. The Morgan fingerprint density at radius 1 is 1.44 bits per heavy atom. The molecular formula is C13H12O3. The second-order valence-corrected chi connectivity index (χ2v) is 3.37. The number of fused-ring (bicyclic) bond motifs is 1. The van der Waals surface area contributed by atoms with Gasteiger partial charge >= 0.3 is 5.97 Å². The number of esters is 1. The van der Waals surface area contributed by atoms with Crippen LogP contribution in [0.25, 0.3) is 17.0 Å². The van der Waals surface area contributed by atoms with Crippen molar-refractivity contribution in [3.63, 3.8) is 0 Å². The first kappa shape index (κ1) is 10.5. The second kappa shape index (κ2) is 4.66. The number of benzene rings is 1. The van der Waals surface area contributed by atoms with E-state index in [1.807, 2.05) is 30.3 Å². The average Bonchev–Trinajstić information content (AvgIpc) is 2.73. The second-order valence-electron chi connectivity index (χ2n) is 3.37. The van der Waals surface area contributed by atoms with E-state index in [1.165, 1.54) is 7.11 Å². The van der Waals surface area contributed by atoms with E-state index >= 15 is 0 Å². The van der Waals surface area contributed by atoms with E-state index in [0.29, 0.717) is 0 Å². The van der Waals surface area contributed by atoms with E-state index in [4.69, 9.17) is 4.42 Å². The van der Waals surface area contributed by atoms with Gasteiger partial charge in [0.05, 0.1) is 19.8 Å². The number of para-hydroxylation sites is 1. The zero-order chi connectivity index (χ0) is 11.4. The van der Waals surface area contributed by atoms with E-state index < -0.39 is 0 Å². The number of hydrogen-bond donors (Lipinski definition) is 0. The summed E-state index contributed by atoms with van der Waals surface area (Å²) in [6.07, 6.45) is 5.58. The minimum Gasteiger partial charge on any atom is -0.469 e. The van der Waals surface area contributed by atoms with Gasteiger partial charge in [-0.1, -0.05) is 30.4 Å². The molecule has 0 saturated heterocycles. The SMILES string of the molecule is COC(=O)CC=Cc1coc2ccccc12. The Morgan fingerprint density at radius 3 is 3.06 bits per heavy atom. The summed E-state index contributed by atoms with van der Waals surface area (Å²) < 4.78 is 9.91. The molecule has 0 unspecified atom stereocenters. The van der Waals surface area contributed by atoms with Gasteiger partial charge in [0, 0.05) is 10.9 Å². The summed E-state index contributed by atoms with van der Waals surface area (Å²) in [6.45, 7) is 0. The molecule has 0 aliphatic carbocycles. The summed E-state index contributed by atoms with van der Waals surface area (Å²) in [4.78, 5) is 10.9. The Balaban J connectivity index is 2.18. The van der Waals surface area contributed by atoms with Gasteiger partial charge in [-0.15, -0.1) is 0 Å². The first-order valence-electron chi connectivity index (χ1n) is 5.01. The van der Waals surface area contributed by atoms with Crippen molar-refractivity contribution in [3.05, 3.63) is 42.2 Å². The first-order chi connectivity index (χ1) is 7.81. The highest BCUT2D eigenvalue weighted by molar-refractivity contribution is 5.87. The molecule has 1 aromatic heterocycles. The molecule has 3 nitrogen and oxygen atoms in total. The van der Waals surface area contributed by atoms with Gasteiger partial charge in [-0.25, -0.2) is 0 Å². The van der Waals surface area contributed by atoms with Gasteiger partial charge in [0.1, 0.15) is 5.58 Å². The zero-order valence-electron chi connectivity index (χ0n) is 8.97. The van der Waals surface area contributed by atoms with Gasteiger partial charge in [0.2, 0.25) is 0 Å². The van der Waals surface area contributed by atoms with Crippen LogP contribution in [0.4, 0.5) is 0 Å². The Kier molecular flexibility index (Phi) is 3.05. The molecule has 0 saturated carbocycles. The van der Waals surface area contributed by atoms with Gasteiger partial charge in [0.15, 0.2) is 0 Å². The molecule has 0 radical (unpaired) electrons. The summed E-state index contributed by atoms with van der Waals surface area (Å²) in [6, 6.07) is 7.77. The molecule has 0 N–H and O–H groups in total. The van der Waals surface area contributed by atoms with Crippen LogP contribution in [-0.2, 0) is 9.53 Å². The van der Waals surface area contributed by atoms with Gasteiger partial charge in [-0.2, -0.15) is 0 Å². The van der Waals surface area contributed by atoms with Crippen LogP contribution in [-0.4, -0.2) is 13.1 Å². The molecule has 3 heteroatoms. The molecule has 1 aromatic carbocycles. The largest absolute Gasteiger partial charge is 0.469 e. The predicted octanol–water partition coefficient (Wildman–Crippen LogP) is 3.01. The van der Waals surface area contributed by atoms with Crippen LogP contribution < -0.4 is 0 Å². The highest BCUT2D eigenvalue weighted by Gasteiger charge is 2.01. The number of ether oxygens (including phenoxy) is 1. The minimum absolute atomic E-state index is 0.246. The van der Waals surface area contributed by atoms with Crippen molar-refractivity contribution < 1.29 is 13.9 Å². The van der Waals surface area contributed by atoms with E-state index in [-0.39, 0.29) is 12.4 Å². The van der Waals surface area contributed by atoms with Crippen molar-refractivity contribution in [2.75, 3.05) is 7.11 Å². The monoisotopic (exact) mass is 216 g/mol. The van der Waals surface area contributed by atoms with Crippen molar-refractivity contribution in [3.8, 4) is 0 Å². The summed E-state index contributed by atoms with van der Waals surface area (Å²) in [5.41, 5.74) is 1.82. The highest BCUT2D eigenvalue weighted by atomic mass is 16.5. The third-order valence-electron chi connectivity index (χ3n) is 2.32. The average molecular weight is 216 g/mol. The van der Waals surface area contributed by atoms with Gasteiger partial charge < -0.3 is 9.15 Å². The number of rotatable bonds is 3. The maximum atomic E-state index is 10.9. The Bertz CT molecular complexity index is 523. The maximum Gasteiger partial charge on any atom is 0.309 e. The molecule has 0 aliphatic rings. The van der Waals surface area contributed by atoms with Crippen LogP contribution in [0.3, 0.4) is 0 Å². The van der Waals surface area contributed by atoms with Gasteiger partial charge in [0.25, 0.3) is 0 Å². The maximum absolute atomic E-state index is 10.9. The van der Waals surface area contributed by atoms with Crippen molar-refractivity contribution in [2.24, 2.45) is 0 Å². The number of carbonyl (C=O) groups excluding carboxylic acids is 1. The molecule has 0 atom stereocenters. The smallest absolute Gasteiger partial charge is 0.309 e. The summed E-state index contributed by atoms with van der Waals surface area (Å²) in [7, 11) is 1.38. The van der Waals surface area contributed by atoms with Crippen LogP contribution in [0.1, 0.15) is 12.0 Å². The van der Waals surface area contributed by atoms with Crippen LogP contribution in [0.5, 0.6) is 0 Å². The van der Waals surface area contributed by atoms with Crippen LogP contribution >= 0.6 is 0 Å². The lowest BCUT2D eigenvalue weighted by Crippen LogP contribution is -1.96. The number of carbonyl (C=O) groups is 1. The fourth-order valence-corrected chi connectivity index (χ4v) is 1.49. The minimum atomic E-state index is -0.246. The normalized spacial score (nSPS) is 11.1. The quantitative estimate of drug-likeness (QED) is 0.740. The third-order valence-corrected chi connectivity index (χ3v) is 2.32. The number of methoxy groups -OCH3 is 1.